The molecule has 0 saturated heterocycles. The number of rotatable bonds is 7. The van der Waals surface area contributed by atoms with Gasteiger partial charge in [-0.05, 0) is 30.0 Å². The average molecular weight is 447 g/mol. The number of benzene rings is 2. The van der Waals surface area contributed by atoms with Crippen LogP contribution in [-0.2, 0) is 16.1 Å². The lowest BCUT2D eigenvalue weighted by Gasteiger charge is -2.09. The molecule has 0 aliphatic carbocycles. The van der Waals surface area contributed by atoms with Gasteiger partial charge in [0, 0.05) is 4.90 Å². The summed E-state index contributed by atoms with van der Waals surface area (Å²) in [5.74, 6) is 1.14. The first-order valence-corrected chi connectivity index (χ1v) is 11.0. The van der Waals surface area contributed by atoms with Crippen molar-refractivity contribution in [3.05, 3.63) is 46.8 Å². The second-order valence-corrected chi connectivity index (χ2v) is 8.32. The van der Waals surface area contributed by atoms with E-state index in [4.69, 9.17) is 14.2 Å². The van der Waals surface area contributed by atoms with E-state index in [9.17, 15) is 9.59 Å². The summed E-state index contributed by atoms with van der Waals surface area (Å²) in [5, 5.41) is 0. The maximum absolute atomic E-state index is 13.0. The van der Waals surface area contributed by atoms with E-state index in [0.717, 1.165) is 15.3 Å². The van der Waals surface area contributed by atoms with Crippen molar-refractivity contribution in [1.82, 2.24) is 4.57 Å². The zero-order chi connectivity index (χ0) is 21.7. The molecule has 0 N–H and O–H groups in total. The maximum Gasteiger partial charge on any atom is 0.325 e. The van der Waals surface area contributed by atoms with E-state index in [0.29, 0.717) is 27.4 Å². The third kappa shape index (κ3) is 4.36. The second kappa shape index (κ2) is 9.82. The van der Waals surface area contributed by atoms with E-state index in [-0.39, 0.29) is 12.5 Å². The Labute approximate surface area is 182 Å². The molecule has 0 saturated carbocycles. The Balaban J connectivity index is 2.25. The number of fused-ring (bicyclic) bond motifs is 1. The molecule has 158 valence electrons. The van der Waals surface area contributed by atoms with Gasteiger partial charge in [0.15, 0.2) is 4.80 Å². The largest absolute Gasteiger partial charge is 0.495 e. The number of hydrogen-bond acceptors (Lipinski definition) is 7. The van der Waals surface area contributed by atoms with Crippen molar-refractivity contribution in [2.75, 3.05) is 27.1 Å². The molecule has 0 radical (unpaired) electrons. The lowest BCUT2D eigenvalue weighted by molar-refractivity contribution is -0.141. The van der Waals surface area contributed by atoms with Crippen LogP contribution >= 0.6 is 23.1 Å². The lowest BCUT2D eigenvalue weighted by atomic mass is 10.2. The molecule has 0 atom stereocenters. The number of nitrogens with zero attached hydrogens (tertiary/aromatic N) is 2. The Bertz CT molecular complexity index is 1150. The molecule has 1 amide bonds. The smallest absolute Gasteiger partial charge is 0.325 e. The van der Waals surface area contributed by atoms with E-state index in [1.54, 1.807) is 48.7 Å². The zero-order valence-electron chi connectivity index (χ0n) is 17.1. The van der Waals surface area contributed by atoms with Crippen LogP contribution in [0.5, 0.6) is 11.5 Å². The van der Waals surface area contributed by atoms with Crippen LogP contribution < -0.4 is 14.3 Å². The Hall–Kier alpha value is -2.78. The quantitative estimate of drug-likeness (QED) is 0.406. The van der Waals surface area contributed by atoms with Gasteiger partial charge in [-0.25, -0.2) is 0 Å². The van der Waals surface area contributed by atoms with Gasteiger partial charge in [0.1, 0.15) is 28.3 Å². The van der Waals surface area contributed by atoms with Crippen molar-refractivity contribution < 1.29 is 23.8 Å². The van der Waals surface area contributed by atoms with E-state index in [2.05, 4.69) is 4.99 Å². The van der Waals surface area contributed by atoms with Crippen LogP contribution in [0.25, 0.3) is 10.2 Å². The molecule has 30 heavy (non-hydrogen) atoms. The minimum Gasteiger partial charge on any atom is -0.495 e. The SMILES string of the molecule is CCSc1ccccc1C(=O)N=c1sc2c(OC)ccc(OC)c2n1CC(=O)OC. The summed E-state index contributed by atoms with van der Waals surface area (Å²) in [5.41, 5.74) is 1.14. The summed E-state index contributed by atoms with van der Waals surface area (Å²) in [7, 11) is 4.42. The first-order valence-electron chi connectivity index (χ1n) is 9.16. The van der Waals surface area contributed by atoms with Gasteiger partial charge in [-0.2, -0.15) is 4.99 Å². The van der Waals surface area contributed by atoms with Crippen LogP contribution in [0.2, 0.25) is 0 Å². The molecule has 0 bridgehead atoms. The second-order valence-electron chi connectivity index (χ2n) is 6.04. The highest BCUT2D eigenvalue weighted by Gasteiger charge is 2.19. The molecule has 3 aromatic rings. The molecule has 1 heterocycles. The number of methoxy groups -OCH3 is 3. The Kier molecular flexibility index (Phi) is 7.17. The summed E-state index contributed by atoms with van der Waals surface area (Å²) < 4.78 is 18.1. The zero-order valence-corrected chi connectivity index (χ0v) is 18.8. The van der Waals surface area contributed by atoms with Crippen LogP contribution in [0, 0.1) is 0 Å². The average Bonchev–Trinajstić information content (AvgIpc) is 3.11. The topological polar surface area (TPSA) is 79.1 Å². The lowest BCUT2D eigenvalue weighted by Crippen LogP contribution is -2.22. The summed E-state index contributed by atoms with van der Waals surface area (Å²) >= 11 is 2.83. The van der Waals surface area contributed by atoms with Crippen molar-refractivity contribution in [2.24, 2.45) is 4.99 Å². The normalized spacial score (nSPS) is 11.5. The summed E-state index contributed by atoms with van der Waals surface area (Å²) in [6.07, 6.45) is 0. The van der Waals surface area contributed by atoms with E-state index < -0.39 is 5.97 Å². The minimum atomic E-state index is -0.463. The molecule has 2 aromatic carbocycles. The van der Waals surface area contributed by atoms with Crippen LogP contribution in [0.3, 0.4) is 0 Å². The number of carbonyl (C=O) groups excluding carboxylic acids is 2. The first kappa shape index (κ1) is 21.9. The Morgan fingerprint density at radius 2 is 1.77 bits per heavy atom. The highest BCUT2D eigenvalue weighted by Crippen LogP contribution is 2.35. The number of ether oxygens (including phenoxy) is 3. The van der Waals surface area contributed by atoms with Gasteiger partial charge < -0.3 is 18.8 Å². The number of hydrogen-bond donors (Lipinski definition) is 0. The van der Waals surface area contributed by atoms with Gasteiger partial charge in [-0.1, -0.05) is 30.4 Å². The molecule has 0 aliphatic rings. The van der Waals surface area contributed by atoms with Gasteiger partial charge in [-0.15, -0.1) is 11.8 Å². The Morgan fingerprint density at radius 3 is 2.43 bits per heavy atom. The molecular formula is C21H22N2O5S2. The predicted molar refractivity (Wildman–Crippen MR) is 118 cm³/mol. The van der Waals surface area contributed by atoms with Crippen molar-refractivity contribution in [3.63, 3.8) is 0 Å². The first-order chi connectivity index (χ1) is 14.5. The van der Waals surface area contributed by atoms with Crippen molar-refractivity contribution in [3.8, 4) is 11.5 Å². The fraction of sp³-hybridized carbons (Fsp3) is 0.286. The van der Waals surface area contributed by atoms with Crippen LogP contribution in [0.15, 0.2) is 46.3 Å². The Morgan fingerprint density at radius 1 is 1.07 bits per heavy atom. The molecule has 0 spiro atoms. The third-order valence-electron chi connectivity index (χ3n) is 4.32. The molecule has 7 nitrogen and oxygen atoms in total. The molecule has 0 aliphatic heterocycles. The van der Waals surface area contributed by atoms with Gasteiger partial charge in [-0.3, -0.25) is 9.59 Å². The highest BCUT2D eigenvalue weighted by molar-refractivity contribution is 7.99. The van der Waals surface area contributed by atoms with Gasteiger partial charge in [0.2, 0.25) is 0 Å². The van der Waals surface area contributed by atoms with E-state index in [1.807, 2.05) is 25.1 Å². The molecule has 0 unspecified atom stereocenters. The molecule has 9 heteroatoms. The van der Waals surface area contributed by atoms with Gasteiger partial charge >= 0.3 is 5.97 Å². The molecule has 1 aromatic heterocycles. The summed E-state index contributed by atoms with van der Waals surface area (Å²) in [6.45, 7) is 1.91. The molecule has 3 rings (SSSR count). The fourth-order valence-electron chi connectivity index (χ4n) is 2.95. The number of thioether (sulfide) groups is 1. The van der Waals surface area contributed by atoms with Crippen LogP contribution in [0.4, 0.5) is 0 Å². The van der Waals surface area contributed by atoms with Crippen molar-refractivity contribution >= 4 is 45.2 Å². The van der Waals surface area contributed by atoms with Crippen LogP contribution in [-0.4, -0.2) is 43.5 Å². The minimum absolute atomic E-state index is 0.114. The van der Waals surface area contributed by atoms with Crippen LogP contribution in [0.1, 0.15) is 17.3 Å². The number of thiazole rings is 1. The van der Waals surface area contributed by atoms with Crippen molar-refractivity contribution in [1.29, 1.82) is 0 Å². The summed E-state index contributed by atoms with van der Waals surface area (Å²) in [6, 6.07) is 10.9. The number of aromatic nitrogens is 1. The number of amides is 1. The summed E-state index contributed by atoms with van der Waals surface area (Å²) in [4.78, 5) is 30.7. The number of esters is 1. The fourth-order valence-corrected chi connectivity index (χ4v) is 4.88. The molecule has 0 fully saturated rings. The van der Waals surface area contributed by atoms with E-state index >= 15 is 0 Å². The molecular weight excluding hydrogens is 424 g/mol. The van der Waals surface area contributed by atoms with Crippen molar-refractivity contribution in [2.45, 2.75) is 18.4 Å². The monoisotopic (exact) mass is 446 g/mol. The van der Waals surface area contributed by atoms with Gasteiger partial charge in [0.25, 0.3) is 5.91 Å². The highest BCUT2D eigenvalue weighted by atomic mass is 32.2. The maximum atomic E-state index is 13.0. The standard InChI is InChI=1S/C21H22N2O5S2/c1-5-29-16-9-7-6-8-13(16)20(25)22-21-23(12-17(24)28-4)18-14(26-2)10-11-15(27-3)19(18)30-21/h6-11H,5,12H2,1-4H3. The third-order valence-corrected chi connectivity index (χ3v) is 6.37. The number of carbonyl (C=O) groups is 2. The van der Waals surface area contributed by atoms with Gasteiger partial charge in [0.05, 0.1) is 26.9 Å². The van der Waals surface area contributed by atoms with E-state index in [1.165, 1.54) is 18.4 Å². The predicted octanol–water partition coefficient (Wildman–Crippen LogP) is 3.75.